The highest BCUT2D eigenvalue weighted by Gasteiger charge is 2.36. The molecule has 0 aliphatic heterocycles. The zero-order valence-electron chi connectivity index (χ0n) is 7.81. The van der Waals surface area contributed by atoms with Crippen molar-refractivity contribution in [1.29, 1.82) is 0 Å². The largest absolute Gasteiger partial charge is 0.326 e. The highest BCUT2D eigenvalue weighted by atomic mass is 32.2. The summed E-state index contributed by atoms with van der Waals surface area (Å²) in [4.78, 5) is 0.428. The molecule has 0 amide bonds. The van der Waals surface area contributed by atoms with Gasteiger partial charge in [-0.15, -0.1) is 0 Å². The third-order valence-corrected chi connectivity index (χ3v) is 4.73. The molecule has 1 aromatic carbocycles. The van der Waals surface area contributed by atoms with E-state index in [1.807, 2.05) is 0 Å². The summed E-state index contributed by atoms with van der Waals surface area (Å²) < 4.78 is 23.5. The molecule has 0 spiro atoms. The molecule has 0 aromatic heterocycles. The van der Waals surface area contributed by atoms with Crippen LogP contribution in [0, 0.1) is 0 Å². The van der Waals surface area contributed by atoms with Crippen molar-refractivity contribution in [2.24, 2.45) is 5.73 Å². The Balaban J connectivity index is 2.33. The van der Waals surface area contributed by atoms with Gasteiger partial charge in [0, 0.05) is 6.54 Å². The first-order chi connectivity index (χ1) is 6.64. The van der Waals surface area contributed by atoms with Crippen molar-refractivity contribution in [3.63, 3.8) is 0 Å². The number of benzene rings is 1. The topological polar surface area (TPSA) is 60.2 Å². The SMILES string of the molecule is NCc1ccc(S(=O)(=O)C2CC2)cc1. The Morgan fingerprint density at radius 3 is 2.21 bits per heavy atom. The van der Waals surface area contributed by atoms with E-state index in [0.717, 1.165) is 18.4 Å². The van der Waals surface area contributed by atoms with E-state index in [9.17, 15) is 8.42 Å². The summed E-state index contributed by atoms with van der Waals surface area (Å²) in [6, 6.07) is 6.84. The van der Waals surface area contributed by atoms with Crippen molar-refractivity contribution < 1.29 is 8.42 Å². The van der Waals surface area contributed by atoms with Gasteiger partial charge in [0.1, 0.15) is 0 Å². The van der Waals surface area contributed by atoms with Crippen LogP contribution in [0.5, 0.6) is 0 Å². The lowest BCUT2D eigenvalue weighted by Gasteiger charge is -2.03. The van der Waals surface area contributed by atoms with Crippen LogP contribution in [0.3, 0.4) is 0 Å². The van der Waals surface area contributed by atoms with E-state index < -0.39 is 9.84 Å². The fraction of sp³-hybridized carbons (Fsp3) is 0.400. The Morgan fingerprint density at radius 2 is 1.79 bits per heavy atom. The van der Waals surface area contributed by atoms with Gasteiger partial charge < -0.3 is 5.73 Å². The van der Waals surface area contributed by atoms with E-state index >= 15 is 0 Å². The third kappa shape index (κ3) is 1.67. The molecule has 3 nitrogen and oxygen atoms in total. The van der Waals surface area contributed by atoms with E-state index in [-0.39, 0.29) is 5.25 Å². The summed E-state index contributed by atoms with van der Waals surface area (Å²) in [5.41, 5.74) is 6.39. The second-order valence-electron chi connectivity index (χ2n) is 3.59. The van der Waals surface area contributed by atoms with Gasteiger partial charge in [-0.2, -0.15) is 0 Å². The minimum atomic E-state index is -3.03. The molecular formula is C10H13NO2S. The average molecular weight is 211 g/mol. The first-order valence-electron chi connectivity index (χ1n) is 4.67. The van der Waals surface area contributed by atoms with Gasteiger partial charge in [0.25, 0.3) is 0 Å². The van der Waals surface area contributed by atoms with Crippen LogP contribution in [0.1, 0.15) is 18.4 Å². The van der Waals surface area contributed by atoms with Gasteiger partial charge in [-0.3, -0.25) is 0 Å². The zero-order chi connectivity index (χ0) is 10.2. The molecule has 1 aromatic rings. The summed E-state index contributed by atoms with van der Waals surface area (Å²) in [7, 11) is -3.03. The Bertz CT molecular complexity index is 418. The van der Waals surface area contributed by atoms with Gasteiger partial charge in [-0.1, -0.05) is 12.1 Å². The van der Waals surface area contributed by atoms with Gasteiger partial charge in [-0.25, -0.2) is 8.42 Å². The molecule has 0 saturated heterocycles. The van der Waals surface area contributed by atoms with Crippen molar-refractivity contribution in [2.45, 2.75) is 29.5 Å². The zero-order valence-corrected chi connectivity index (χ0v) is 8.63. The molecule has 76 valence electrons. The van der Waals surface area contributed by atoms with E-state index in [1.54, 1.807) is 24.3 Å². The molecule has 1 aliphatic carbocycles. The van der Waals surface area contributed by atoms with Gasteiger partial charge in [0.15, 0.2) is 9.84 Å². The number of sulfone groups is 1. The third-order valence-electron chi connectivity index (χ3n) is 2.45. The summed E-state index contributed by atoms with van der Waals surface area (Å²) in [5.74, 6) is 0. The van der Waals surface area contributed by atoms with Gasteiger partial charge >= 0.3 is 0 Å². The van der Waals surface area contributed by atoms with Gasteiger partial charge in [0.2, 0.25) is 0 Å². The van der Waals surface area contributed by atoms with Crippen LogP contribution in [0.4, 0.5) is 0 Å². The lowest BCUT2D eigenvalue weighted by Crippen LogP contribution is -2.07. The average Bonchev–Trinajstić information content (AvgIpc) is 3.01. The molecule has 0 radical (unpaired) electrons. The van der Waals surface area contributed by atoms with Crippen LogP contribution in [-0.2, 0) is 16.4 Å². The lowest BCUT2D eigenvalue weighted by molar-refractivity contribution is 0.595. The first-order valence-corrected chi connectivity index (χ1v) is 6.22. The molecule has 1 aliphatic rings. The summed E-state index contributed by atoms with van der Waals surface area (Å²) in [6.07, 6.45) is 1.61. The smallest absolute Gasteiger partial charge is 0.181 e. The minimum Gasteiger partial charge on any atom is -0.326 e. The quantitative estimate of drug-likeness (QED) is 0.814. The van der Waals surface area contributed by atoms with Crippen LogP contribution < -0.4 is 5.73 Å². The van der Waals surface area contributed by atoms with Crippen molar-refractivity contribution in [1.82, 2.24) is 0 Å². The molecule has 0 atom stereocenters. The molecule has 0 heterocycles. The van der Waals surface area contributed by atoms with Crippen molar-refractivity contribution in [3.8, 4) is 0 Å². The molecule has 14 heavy (non-hydrogen) atoms. The number of hydrogen-bond acceptors (Lipinski definition) is 3. The molecule has 0 unspecified atom stereocenters. The number of rotatable bonds is 3. The predicted molar refractivity (Wildman–Crippen MR) is 54.5 cm³/mol. The first kappa shape index (κ1) is 9.68. The number of nitrogens with two attached hydrogens (primary N) is 1. The van der Waals surface area contributed by atoms with Crippen molar-refractivity contribution >= 4 is 9.84 Å². The summed E-state index contributed by atoms with van der Waals surface area (Å²) >= 11 is 0. The maximum atomic E-state index is 11.8. The van der Waals surface area contributed by atoms with Crippen molar-refractivity contribution in [2.75, 3.05) is 0 Å². The fourth-order valence-electron chi connectivity index (χ4n) is 1.39. The van der Waals surface area contributed by atoms with E-state index in [1.165, 1.54) is 0 Å². The Labute approximate surface area is 83.9 Å². The molecule has 1 saturated carbocycles. The highest BCUT2D eigenvalue weighted by molar-refractivity contribution is 7.92. The van der Waals surface area contributed by atoms with Crippen molar-refractivity contribution in [3.05, 3.63) is 29.8 Å². The predicted octanol–water partition coefficient (Wildman–Crippen LogP) is 1.08. The summed E-state index contributed by atoms with van der Waals surface area (Å²) in [6.45, 7) is 0.448. The molecule has 4 heteroatoms. The maximum Gasteiger partial charge on any atom is 0.181 e. The van der Waals surface area contributed by atoms with Crippen LogP contribution in [0.25, 0.3) is 0 Å². The molecule has 2 N–H and O–H groups in total. The molecular weight excluding hydrogens is 198 g/mol. The van der Waals surface area contributed by atoms with Crippen LogP contribution in [0.2, 0.25) is 0 Å². The molecule has 0 bridgehead atoms. The lowest BCUT2D eigenvalue weighted by atomic mass is 10.2. The fourth-order valence-corrected chi connectivity index (χ4v) is 3.04. The standard InChI is InChI=1S/C10H13NO2S/c11-7-8-1-3-9(4-2-8)14(12,13)10-5-6-10/h1-4,10H,5-7,11H2. The van der Waals surface area contributed by atoms with Crippen LogP contribution in [-0.4, -0.2) is 13.7 Å². The van der Waals surface area contributed by atoms with E-state index in [4.69, 9.17) is 5.73 Å². The normalized spacial score (nSPS) is 16.9. The van der Waals surface area contributed by atoms with Gasteiger partial charge in [0.05, 0.1) is 10.1 Å². The second-order valence-corrected chi connectivity index (χ2v) is 5.82. The van der Waals surface area contributed by atoms with Gasteiger partial charge in [-0.05, 0) is 30.5 Å². The monoisotopic (exact) mass is 211 g/mol. The van der Waals surface area contributed by atoms with Crippen LogP contribution in [0.15, 0.2) is 29.2 Å². The number of hydrogen-bond donors (Lipinski definition) is 1. The maximum absolute atomic E-state index is 11.8. The minimum absolute atomic E-state index is 0.133. The Morgan fingerprint density at radius 1 is 1.21 bits per heavy atom. The molecule has 1 fully saturated rings. The van der Waals surface area contributed by atoms with E-state index in [0.29, 0.717) is 11.4 Å². The highest BCUT2D eigenvalue weighted by Crippen LogP contribution is 2.33. The molecule has 2 rings (SSSR count). The van der Waals surface area contributed by atoms with Crippen LogP contribution >= 0.6 is 0 Å². The Hall–Kier alpha value is -0.870. The second kappa shape index (κ2) is 3.37. The van der Waals surface area contributed by atoms with E-state index in [2.05, 4.69) is 0 Å². The summed E-state index contributed by atoms with van der Waals surface area (Å²) in [5, 5.41) is -0.133. The Kier molecular flexibility index (Phi) is 2.33.